The highest BCUT2D eigenvalue weighted by Crippen LogP contribution is 2.13. The van der Waals surface area contributed by atoms with Gasteiger partial charge in [-0.15, -0.1) is 0 Å². The summed E-state index contributed by atoms with van der Waals surface area (Å²) in [6, 6.07) is 0. The highest BCUT2D eigenvalue weighted by Gasteiger charge is 2.13. The number of hydrogen-bond acceptors (Lipinski definition) is 15. The number of unbranched alkanes of at least 4 members (excludes halogenated alkanes) is 5. The molecule has 0 aromatic carbocycles. The topological polar surface area (TPSA) is 146 Å². The van der Waals surface area contributed by atoms with Crippen molar-refractivity contribution in [1.29, 1.82) is 0 Å². The van der Waals surface area contributed by atoms with E-state index >= 15 is 0 Å². The van der Waals surface area contributed by atoms with E-state index in [0.717, 1.165) is 38.7 Å². The van der Waals surface area contributed by atoms with Gasteiger partial charge in [0, 0.05) is 13.0 Å². The molecule has 1 atom stereocenters. The van der Waals surface area contributed by atoms with E-state index in [1.807, 2.05) is 0 Å². The van der Waals surface area contributed by atoms with Crippen LogP contribution in [-0.2, 0) is 71.1 Å². The molecule has 1 aliphatic heterocycles. The Morgan fingerprint density at radius 2 is 0.774 bits per heavy atom. The van der Waals surface area contributed by atoms with Crippen LogP contribution in [0.1, 0.15) is 71.1 Å². The fourth-order valence-electron chi connectivity index (χ4n) is 4.72. The number of hydrogen-bond donors (Lipinski definition) is 0. The third-order valence-electron chi connectivity index (χ3n) is 7.61. The Labute approximate surface area is 319 Å². The van der Waals surface area contributed by atoms with E-state index in [-0.39, 0.29) is 18.9 Å². The van der Waals surface area contributed by atoms with Gasteiger partial charge in [-0.3, -0.25) is 4.79 Å². The molecule has 316 valence electrons. The minimum Gasteiger partial charge on any atom is -0.463 e. The Bertz CT molecular complexity index is 715. The molecule has 0 N–H and O–H groups in total. The van der Waals surface area contributed by atoms with Crippen LogP contribution in [0.25, 0.3) is 0 Å². The molecule has 15 heteroatoms. The zero-order valence-electron chi connectivity index (χ0n) is 32.9. The van der Waals surface area contributed by atoms with Crippen molar-refractivity contribution in [2.45, 2.75) is 77.4 Å². The third-order valence-corrected chi connectivity index (χ3v) is 7.61. The van der Waals surface area contributed by atoms with Crippen LogP contribution in [-0.4, -0.2) is 177 Å². The summed E-state index contributed by atoms with van der Waals surface area (Å²) >= 11 is 0. The fourth-order valence-corrected chi connectivity index (χ4v) is 4.72. The van der Waals surface area contributed by atoms with Crippen molar-refractivity contribution in [3.8, 4) is 0 Å². The fraction of sp³-hybridized carbons (Fsp3) is 0.974. The lowest BCUT2D eigenvalue weighted by atomic mass is 10.1. The van der Waals surface area contributed by atoms with Gasteiger partial charge in [-0.2, -0.15) is 0 Å². The van der Waals surface area contributed by atoms with Crippen LogP contribution in [0.2, 0.25) is 0 Å². The summed E-state index contributed by atoms with van der Waals surface area (Å²) in [5, 5.41) is 0. The molecule has 53 heavy (non-hydrogen) atoms. The van der Waals surface area contributed by atoms with Gasteiger partial charge in [0.05, 0.1) is 152 Å². The van der Waals surface area contributed by atoms with Crippen LogP contribution >= 0.6 is 0 Å². The number of rotatable bonds is 44. The van der Waals surface area contributed by atoms with Crippen molar-refractivity contribution in [2.24, 2.45) is 0 Å². The monoisotopic (exact) mass is 771 g/mol. The lowest BCUT2D eigenvalue weighted by Gasteiger charge is -2.22. The SMILES string of the molecule is CCCCCCCCC(=O)OCCOCCOCCOCCOCCOCCOCCOCCOCCOCCOCCOCCOC1CCCCO1. The highest BCUT2D eigenvalue weighted by molar-refractivity contribution is 5.69. The Morgan fingerprint density at radius 3 is 1.13 bits per heavy atom. The molecule has 0 aromatic heterocycles. The maximum atomic E-state index is 11.7. The lowest BCUT2D eigenvalue weighted by Crippen LogP contribution is -2.24. The summed E-state index contributed by atoms with van der Waals surface area (Å²) in [5.41, 5.74) is 0. The zero-order chi connectivity index (χ0) is 37.8. The zero-order valence-corrected chi connectivity index (χ0v) is 32.9. The predicted molar refractivity (Wildman–Crippen MR) is 198 cm³/mol. The number of carbonyl (C=O) groups is 1. The molecule has 1 unspecified atom stereocenters. The van der Waals surface area contributed by atoms with Crippen LogP contribution in [0.3, 0.4) is 0 Å². The molecule has 0 saturated carbocycles. The van der Waals surface area contributed by atoms with Crippen LogP contribution < -0.4 is 0 Å². The number of ether oxygens (including phenoxy) is 14. The standard InChI is InChI=1S/C38H74O15/c1-2-3-4-5-6-7-10-37(39)51-35-33-49-31-29-47-27-25-45-23-21-43-19-17-41-15-13-40-14-16-42-18-20-44-22-24-46-26-28-48-30-32-50-34-36-53-38-11-8-9-12-52-38/h38H,2-36H2,1H3. The second kappa shape index (κ2) is 43.7. The van der Waals surface area contributed by atoms with E-state index in [9.17, 15) is 4.79 Å². The molecule has 0 amide bonds. The first-order valence-corrected chi connectivity index (χ1v) is 20.1. The van der Waals surface area contributed by atoms with Crippen molar-refractivity contribution in [2.75, 3.05) is 165 Å². The molecule has 0 radical (unpaired) electrons. The lowest BCUT2D eigenvalue weighted by molar-refractivity contribution is -0.169. The summed E-state index contributed by atoms with van der Waals surface area (Å²) in [5.74, 6) is -0.144. The summed E-state index contributed by atoms with van der Waals surface area (Å²) in [6.07, 6.45) is 10.6. The molecule has 15 nitrogen and oxygen atoms in total. The van der Waals surface area contributed by atoms with Gasteiger partial charge in [0.25, 0.3) is 0 Å². The van der Waals surface area contributed by atoms with Crippen molar-refractivity contribution >= 4 is 5.97 Å². The molecule has 1 aliphatic rings. The molecule has 0 aromatic rings. The van der Waals surface area contributed by atoms with Crippen molar-refractivity contribution in [1.82, 2.24) is 0 Å². The van der Waals surface area contributed by atoms with Gasteiger partial charge < -0.3 is 66.3 Å². The van der Waals surface area contributed by atoms with Crippen molar-refractivity contribution in [3.05, 3.63) is 0 Å². The number of carbonyl (C=O) groups excluding carboxylic acids is 1. The highest BCUT2D eigenvalue weighted by atomic mass is 16.7. The Hall–Kier alpha value is -1.05. The second-order valence-corrected chi connectivity index (χ2v) is 12.1. The van der Waals surface area contributed by atoms with Gasteiger partial charge in [-0.25, -0.2) is 0 Å². The Morgan fingerprint density at radius 1 is 0.434 bits per heavy atom. The third kappa shape index (κ3) is 40.4. The molecule has 1 fully saturated rings. The summed E-state index contributed by atoms with van der Waals surface area (Å²) in [6.45, 7) is 14.7. The Kier molecular flexibility index (Phi) is 41.2. The molecule has 1 rings (SSSR count). The first-order chi connectivity index (χ1) is 26.3. The van der Waals surface area contributed by atoms with Gasteiger partial charge in [0.1, 0.15) is 6.61 Å². The average molecular weight is 771 g/mol. The summed E-state index contributed by atoms with van der Waals surface area (Å²) < 4.78 is 76.6. The Balaban J connectivity index is 1.61. The quantitative estimate of drug-likeness (QED) is 0.0649. The number of esters is 1. The van der Waals surface area contributed by atoms with Gasteiger partial charge in [-0.1, -0.05) is 39.0 Å². The van der Waals surface area contributed by atoms with Crippen LogP contribution in [0.15, 0.2) is 0 Å². The largest absolute Gasteiger partial charge is 0.463 e. The minimum absolute atomic E-state index is 0.0693. The van der Waals surface area contributed by atoms with Crippen molar-refractivity contribution in [3.63, 3.8) is 0 Å². The van der Waals surface area contributed by atoms with E-state index in [1.54, 1.807) is 0 Å². The van der Waals surface area contributed by atoms with E-state index in [1.165, 1.54) is 25.7 Å². The predicted octanol–water partition coefficient (Wildman–Crippen LogP) is 4.01. The van der Waals surface area contributed by atoms with E-state index in [2.05, 4.69) is 6.92 Å². The van der Waals surface area contributed by atoms with Gasteiger partial charge in [-0.05, 0) is 25.7 Å². The first kappa shape index (κ1) is 50.0. The summed E-state index contributed by atoms with van der Waals surface area (Å²) in [4.78, 5) is 11.7. The molecule has 0 spiro atoms. The smallest absolute Gasteiger partial charge is 0.305 e. The van der Waals surface area contributed by atoms with Gasteiger partial charge in [0.15, 0.2) is 6.29 Å². The first-order valence-electron chi connectivity index (χ1n) is 20.1. The molecule has 1 heterocycles. The molecular weight excluding hydrogens is 696 g/mol. The van der Waals surface area contributed by atoms with E-state index in [4.69, 9.17) is 66.3 Å². The molecule has 1 saturated heterocycles. The molecular formula is C38H74O15. The van der Waals surface area contributed by atoms with Crippen molar-refractivity contribution < 1.29 is 71.1 Å². The normalized spacial score (nSPS) is 14.6. The summed E-state index contributed by atoms with van der Waals surface area (Å²) in [7, 11) is 0. The molecule has 0 bridgehead atoms. The minimum atomic E-state index is -0.144. The molecule has 0 aliphatic carbocycles. The van der Waals surface area contributed by atoms with Crippen LogP contribution in [0, 0.1) is 0 Å². The van der Waals surface area contributed by atoms with E-state index < -0.39 is 0 Å². The maximum Gasteiger partial charge on any atom is 0.305 e. The van der Waals surface area contributed by atoms with E-state index in [0.29, 0.717) is 158 Å². The maximum absolute atomic E-state index is 11.7. The average Bonchev–Trinajstić information content (AvgIpc) is 3.17. The van der Waals surface area contributed by atoms with Crippen LogP contribution in [0.4, 0.5) is 0 Å². The van der Waals surface area contributed by atoms with Gasteiger partial charge in [0.2, 0.25) is 0 Å². The van der Waals surface area contributed by atoms with Gasteiger partial charge >= 0.3 is 5.97 Å². The van der Waals surface area contributed by atoms with Crippen LogP contribution in [0.5, 0.6) is 0 Å². The second-order valence-electron chi connectivity index (χ2n) is 12.1.